The molecule has 3 rings (SSSR count). The number of benzene rings is 3. The second-order valence-electron chi connectivity index (χ2n) is 6.88. The Morgan fingerprint density at radius 3 is 2.39 bits per heavy atom. The molecule has 31 heavy (non-hydrogen) atoms. The van der Waals surface area contributed by atoms with Gasteiger partial charge in [-0.05, 0) is 41.8 Å². The standard InChI is InChI=1S/C25H26N2O4/c1-3-19-11-7-8-12-21(19)27-24(28)16-26-25(29)20-13-14-22(23(15-20)30-2)31-17-18-9-5-4-6-10-18/h4-15H,3,16-17H2,1-2H3,(H,26,29)(H,27,28). The Morgan fingerprint density at radius 2 is 1.65 bits per heavy atom. The van der Waals surface area contributed by atoms with Gasteiger partial charge in [-0.1, -0.05) is 55.5 Å². The molecule has 0 spiro atoms. The minimum Gasteiger partial charge on any atom is -0.493 e. The third kappa shape index (κ3) is 6.09. The first kappa shape index (κ1) is 21.9. The summed E-state index contributed by atoms with van der Waals surface area (Å²) in [5.41, 5.74) is 3.21. The number of para-hydroxylation sites is 1. The number of methoxy groups -OCH3 is 1. The van der Waals surface area contributed by atoms with Gasteiger partial charge in [0.15, 0.2) is 11.5 Å². The molecule has 3 aromatic rings. The van der Waals surface area contributed by atoms with E-state index in [0.29, 0.717) is 23.7 Å². The van der Waals surface area contributed by atoms with E-state index in [1.165, 1.54) is 7.11 Å². The molecule has 6 heteroatoms. The minimum atomic E-state index is -0.369. The van der Waals surface area contributed by atoms with Crippen LogP contribution in [0.3, 0.4) is 0 Å². The molecule has 0 atom stereocenters. The summed E-state index contributed by atoms with van der Waals surface area (Å²) in [5, 5.41) is 5.47. The van der Waals surface area contributed by atoms with Gasteiger partial charge in [0.05, 0.1) is 13.7 Å². The highest BCUT2D eigenvalue weighted by Gasteiger charge is 2.13. The molecule has 2 N–H and O–H groups in total. The van der Waals surface area contributed by atoms with Gasteiger partial charge in [0, 0.05) is 11.3 Å². The van der Waals surface area contributed by atoms with E-state index in [4.69, 9.17) is 9.47 Å². The molecule has 0 saturated carbocycles. The van der Waals surface area contributed by atoms with E-state index in [1.807, 2.05) is 61.5 Å². The van der Waals surface area contributed by atoms with Crippen molar-refractivity contribution in [1.29, 1.82) is 0 Å². The molecule has 2 amide bonds. The summed E-state index contributed by atoms with van der Waals surface area (Å²) >= 11 is 0. The number of carbonyl (C=O) groups is 2. The van der Waals surface area contributed by atoms with Crippen molar-refractivity contribution in [3.63, 3.8) is 0 Å². The van der Waals surface area contributed by atoms with Crippen LogP contribution >= 0.6 is 0 Å². The highest BCUT2D eigenvalue weighted by atomic mass is 16.5. The number of aryl methyl sites for hydroxylation is 1. The van der Waals surface area contributed by atoms with Gasteiger partial charge in [0.2, 0.25) is 5.91 Å². The summed E-state index contributed by atoms with van der Waals surface area (Å²) in [6, 6.07) is 22.3. The number of rotatable bonds is 9. The average Bonchev–Trinajstić information content (AvgIpc) is 2.82. The molecule has 0 bridgehead atoms. The highest BCUT2D eigenvalue weighted by molar-refractivity contribution is 5.99. The molecule has 0 unspecified atom stereocenters. The normalized spacial score (nSPS) is 10.3. The summed E-state index contributed by atoms with van der Waals surface area (Å²) in [7, 11) is 1.52. The fourth-order valence-corrected chi connectivity index (χ4v) is 3.07. The molecule has 0 aliphatic rings. The lowest BCUT2D eigenvalue weighted by molar-refractivity contribution is -0.115. The topological polar surface area (TPSA) is 76.7 Å². The zero-order valence-electron chi connectivity index (χ0n) is 17.7. The van der Waals surface area contributed by atoms with E-state index in [0.717, 1.165) is 23.2 Å². The number of hydrogen-bond donors (Lipinski definition) is 2. The molecule has 160 valence electrons. The van der Waals surface area contributed by atoms with Gasteiger partial charge >= 0.3 is 0 Å². The zero-order chi connectivity index (χ0) is 22.1. The van der Waals surface area contributed by atoms with Crippen molar-refractivity contribution in [1.82, 2.24) is 5.32 Å². The van der Waals surface area contributed by atoms with Crippen molar-refractivity contribution in [3.8, 4) is 11.5 Å². The van der Waals surface area contributed by atoms with E-state index < -0.39 is 0 Å². The summed E-state index contributed by atoms with van der Waals surface area (Å²) in [6.45, 7) is 2.28. The Balaban J connectivity index is 1.57. The molecular weight excluding hydrogens is 392 g/mol. The monoisotopic (exact) mass is 418 g/mol. The lowest BCUT2D eigenvalue weighted by atomic mass is 10.1. The van der Waals surface area contributed by atoms with Crippen molar-refractivity contribution < 1.29 is 19.1 Å². The number of anilines is 1. The Kier molecular flexibility index (Phi) is 7.65. The van der Waals surface area contributed by atoms with Crippen molar-refractivity contribution >= 4 is 17.5 Å². The second kappa shape index (κ2) is 10.8. The molecule has 0 aliphatic heterocycles. The maximum absolute atomic E-state index is 12.5. The van der Waals surface area contributed by atoms with Crippen LogP contribution in [0.15, 0.2) is 72.8 Å². The highest BCUT2D eigenvalue weighted by Crippen LogP contribution is 2.29. The SMILES string of the molecule is CCc1ccccc1NC(=O)CNC(=O)c1ccc(OCc2ccccc2)c(OC)c1. The van der Waals surface area contributed by atoms with E-state index in [-0.39, 0.29) is 18.4 Å². The van der Waals surface area contributed by atoms with E-state index in [2.05, 4.69) is 10.6 Å². The number of nitrogens with one attached hydrogen (secondary N) is 2. The van der Waals surface area contributed by atoms with Crippen LogP contribution in [0.2, 0.25) is 0 Å². The summed E-state index contributed by atoms with van der Waals surface area (Å²) in [5.74, 6) is 0.331. The van der Waals surface area contributed by atoms with Gasteiger partial charge in [-0.25, -0.2) is 0 Å². The van der Waals surface area contributed by atoms with Gasteiger partial charge < -0.3 is 20.1 Å². The molecule has 0 radical (unpaired) electrons. The Bertz CT molecular complexity index is 1030. The van der Waals surface area contributed by atoms with Crippen molar-refractivity contribution in [2.45, 2.75) is 20.0 Å². The van der Waals surface area contributed by atoms with Crippen LogP contribution in [-0.4, -0.2) is 25.5 Å². The Labute approximate surface area is 182 Å². The minimum absolute atomic E-state index is 0.133. The van der Waals surface area contributed by atoms with Gasteiger partial charge in [0.1, 0.15) is 6.61 Å². The Morgan fingerprint density at radius 1 is 0.903 bits per heavy atom. The number of ether oxygens (including phenoxy) is 2. The number of amides is 2. The number of hydrogen-bond acceptors (Lipinski definition) is 4. The van der Waals surface area contributed by atoms with Gasteiger partial charge in [0.25, 0.3) is 5.91 Å². The lowest BCUT2D eigenvalue weighted by Gasteiger charge is -2.13. The van der Waals surface area contributed by atoms with Crippen LogP contribution in [0.5, 0.6) is 11.5 Å². The third-order valence-corrected chi connectivity index (χ3v) is 4.74. The van der Waals surface area contributed by atoms with E-state index in [1.54, 1.807) is 18.2 Å². The van der Waals surface area contributed by atoms with Crippen molar-refractivity contribution in [2.24, 2.45) is 0 Å². The molecule has 3 aromatic carbocycles. The first-order chi connectivity index (χ1) is 15.1. The van der Waals surface area contributed by atoms with E-state index in [9.17, 15) is 9.59 Å². The fourth-order valence-electron chi connectivity index (χ4n) is 3.07. The largest absolute Gasteiger partial charge is 0.493 e. The zero-order valence-corrected chi connectivity index (χ0v) is 17.7. The molecular formula is C25H26N2O4. The molecule has 0 heterocycles. The van der Waals surface area contributed by atoms with Crippen LogP contribution in [0.25, 0.3) is 0 Å². The maximum atomic E-state index is 12.5. The van der Waals surface area contributed by atoms with Crippen LogP contribution in [-0.2, 0) is 17.8 Å². The van der Waals surface area contributed by atoms with Gasteiger partial charge in [-0.2, -0.15) is 0 Å². The molecule has 6 nitrogen and oxygen atoms in total. The Hall–Kier alpha value is -3.80. The number of carbonyl (C=O) groups excluding carboxylic acids is 2. The first-order valence-electron chi connectivity index (χ1n) is 10.1. The second-order valence-corrected chi connectivity index (χ2v) is 6.88. The predicted molar refractivity (Wildman–Crippen MR) is 121 cm³/mol. The summed E-state index contributed by atoms with van der Waals surface area (Å²) in [6.07, 6.45) is 0.807. The summed E-state index contributed by atoms with van der Waals surface area (Å²) < 4.78 is 11.2. The van der Waals surface area contributed by atoms with Gasteiger partial charge in [-0.15, -0.1) is 0 Å². The summed E-state index contributed by atoms with van der Waals surface area (Å²) in [4.78, 5) is 24.7. The lowest BCUT2D eigenvalue weighted by Crippen LogP contribution is -2.33. The van der Waals surface area contributed by atoms with E-state index >= 15 is 0 Å². The third-order valence-electron chi connectivity index (χ3n) is 4.74. The van der Waals surface area contributed by atoms with Crippen molar-refractivity contribution in [3.05, 3.63) is 89.5 Å². The van der Waals surface area contributed by atoms with Crippen LogP contribution in [0, 0.1) is 0 Å². The fraction of sp³-hybridized carbons (Fsp3) is 0.200. The molecule has 0 aromatic heterocycles. The molecule has 0 aliphatic carbocycles. The van der Waals surface area contributed by atoms with Crippen LogP contribution in [0.4, 0.5) is 5.69 Å². The van der Waals surface area contributed by atoms with Crippen LogP contribution < -0.4 is 20.1 Å². The van der Waals surface area contributed by atoms with Crippen LogP contribution in [0.1, 0.15) is 28.4 Å². The smallest absolute Gasteiger partial charge is 0.251 e. The molecule has 0 saturated heterocycles. The molecule has 0 fully saturated rings. The average molecular weight is 418 g/mol. The first-order valence-corrected chi connectivity index (χ1v) is 10.1. The quantitative estimate of drug-likeness (QED) is 0.546. The van der Waals surface area contributed by atoms with Crippen molar-refractivity contribution in [2.75, 3.05) is 19.0 Å². The maximum Gasteiger partial charge on any atom is 0.251 e. The van der Waals surface area contributed by atoms with Gasteiger partial charge in [-0.3, -0.25) is 9.59 Å². The predicted octanol–water partition coefficient (Wildman–Crippen LogP) is 4.21.